The number of hydrogen-bond acceptors (Lipinski definition) is 3. The molecular formula is C20H25BrN2O2. The van der Waals surface area contributed by atoms with Gasteiger partial charge in [0.2, 0.25) is 0 Å². The summed E-state index contributed by atoms with van der Waals surface area (Å²) in [6.45, 7) is 5.60. The maximum atomic E-state index is 12.0. The summed E-state index contributed by atoms with van der Waals surface area (Å²) < 4.78 is 6.47. The van der Waals surface area contributed by atoms with Crippen LogP contribution in [-0.2, 0) is 4.79 Å². The number of carbonyl (C=O) groups is 1. The van der Waals surface area contributed by atoms with Crippen molar-refractivity contribution in [3.63, 3.8) is 0 Å². The van der Waals surface area contributed by atoms with Gasteiger partial charge in [0, 0.05) is 25.8 Å². The number of nitrogens with zero attached hydrogens (tertiary/aromatic N) is 1. The van der Waals surface area contributed by atoms with Crippen molar-refractivity contribution >= 4 is 27.5 Å². The molecule has 0 heterocycles. The largest absolute Gasteiger partial charge is 0.483 e. The van der Waals surface area contributed by atoms with Gasteiger partial charge in [-0.05, 0) is 51.7 Å². The highest BCUT2D eigenvalue weighted by Gasteiger charge is 2.08. The van der Waals surface area contributed by atoms with Gasteiger partial charge in [-0.3, -0.25) is 4.79 Å². The van der Waals surface area contributed by atoms with Gasteiger partial charge < -0.3 is 15.0 Å². The second kappa shape index (κ2) is 9.47. The molecule has 2 aromatic carbocycles. The maximum absolute atomic E-state index is 12.0. The minimum absolute atomic E-state index is 0.00861. The Morgan fingerprint density at radius 3 is 2.56 bits per heavy atom. The Balaban J connectivity index is 1.74. The van der Waals surface area contributed by atoms with Gasteiger partial charge in [0.25, 0.3) is 5.91 Å². The summed E-state index contributed by atoms with van der Waals surface area (Å²) in [5.74, 6) is 1.01. The van der Waals surface area contributed by atoms with Gasteiger partial charge in [-0.15, -0.1) is 0 Å². The minimum atomic E-state index is -0.124. The lowest BCUT2D eigenvalue weighted by atomic mass is 10.0. The Morgan fingerprint density at radius 1 is 1.20 bits per heavy atom. The number of anilines is 1. The predicted octanol–water partition coefficient (Wildman–Crippen LogP) is 4.20. The molecule has 1 amide bonds. The Bertz CT molecular complexity index is 689. The molecule has 0 aliphatic rings. The number of halogens is 1. The highest BCUT2D eigenvalue weighted by atomic mass is 79.9. The molecule has 0 aliphatic heterocycles. The first kappa shape index (κ1) is 19.3. The first-order valence-corrected chi connectivity index (χ1v) is 9.22. The number of para-hydroxylation sites is 1. The third-order valence-corrected chi connectivity index (χ3v) is 4.57. The van der Waals surface area contributed by atoms with Crippen molar-refractivity contribution < 1.29 is 9.53 Å². The van der Waals surface area contributed by atoms with E-state index in [1.54, 1.807) is 0 Å². The van der Waals surface area contributed by atoms with Crippen LogP contribution in [0.25, 0.3) is 0 Å². The Hall–Kier alpha value is -2.01. The Morgan fingerprint density at radius 2 is 1.92 bits per heavy atom. The van der Waals surface area contributed by atoms with Gasteiger partial charge in [-0.2, -0.15) is 0 Å². The van der Waals surface area contributed by atoms with Crippen molar-refractivity contribution in [2.75, 3.05) is 31.6 Å². The number of benzene rings is 2. The zero-order chi connectivity index (χ0) is 18.2. The molecule has 0 saturated carbocycles. The summed E-state index contributed by atoms with van der Waals surface area (Å²) in [4.78, 5) is 14.1. The summed E-state index contributed by atoms with van der Waals surface area (Å²) >= 11 is 3.50. The van der Waals surface area contributed by atoms with Crippen LogP contribution >= 0.6 is 15.9 Å². The molecule has 0 radical (unpaired) electrons. The summed E-state index contributed by atoms with van der Waals surface area (Å²) in [5.41, 5.74) is 2.36. The van der Waals surface area contributed by atoms with Crippen LogP contribution in [0.1, 0.15) is 25.3 Å². The lowest BCUT2D eigenvalue weighted by Crippen LogP contribution is -2.35. The van der Waals surface area contributed by atoms with Crippen LogP contribution in [-0.4, -0.2) is 32.7 Å². The average Bonchev–Trinajstić information content (AvgIpc) is 2.61. The molecule has 0 bridgehead atoms. The van der Waals surface area contributed by atoms with Crippen molar-refractivity contribution in [3.05, 3.63) is 58.6 Å². The molecule has 2 rings (SSSR count). The maximum Gasteiger partial charge on any atom is 0.258 e. The first-order valence-electron chi connectivity index (χ1n) is 8.42. The molecule has 0 fully saturated rings. The van der Waals surface area contributed by atoms with Crippen LogP contribution in [0.3, 0.4) is 0 Å². The van der Waals surface area contributed by atoms with E-state index in [9.17, 15) is 4.79 Å². The normalized spacial score (nSPS) is 10.6. The van der Waals surface area contributed by atoms with E-state index in [1.165, 1.54) is 5.56 Å². The Labute approximate surface area is 158 Å². The molecule has 0 atom stereocenters. The monoisotopic (exact) mass is 404 g/mol. The van der Waals surface area contributed by atoms with E-state index < -0.39 is 0 Å². The summed E-state index contributed by atoms with van der Waals surface area (Å²) in [5, 5.41) is 2.88. The second-order valence-corrected chi connectivity index (χ2v) is 7.09. The lowest BCUT2D eigenvalue weighted by Gasteiger charge is -2.19. The summed E-state index contributed by atoms with van der Waals surface area (Å²) in [7, 11) is 2.01. The third kappa shape index (κ3) is 6.09. The van der Waals surface area contributed by atoms with Crippen LogP contribution in [0.5, 0.6) is 5.75 Å². The van der Waals surface area contributed by atoms with Crippen molar-refractivity contribution in [1.29, 1.82) is 0 Å². The fourth-order valence-electron chi connectivity index (χ4n) is 2.36. The quantitative estimate of drug-likeness (QED) is 0.716. The number of hydrogen-bond donors (Lipinski definition) is 1. The zero-order valence-corrected chi connectivity index (χ0v) is 16.5. The van der Waals surface area contributed by atoms with Gasteiger partial charge in [0.05, 0.1) is 4.47 Å². The summed E-state index contributed by atoms with van der Waals surface area (Å²) in [6.07, 6.45) is 0. The van der Waals surface area contributed by atoms with Crippen LogP contribution in [0.4, 0.5) is 5.69 Å². The first-order chi connectivity index (χ1) is 12.0. The second-order valence-electron chi connectivity index (χ2n) is 6.24. The molecule has 4 nitrogen and oxygen atoms in total. The van der Waals surface area contributed by atoms with Gasteiger partial charge in [0.15, 0.2) is 6.61 Å². The van der Waals surface area contributed by atoms with Crippen LogP contribution in [0, 0.1) is 0 Å². The van der Waals surface area contributed by atoms with Crippen LogP contribution in [0.15, 0.2) is 53.0 Å². The van der Waals surface area contributed by atoms with E-state index in [4.69, 9.17) is 4.74 Å². The molecule has 1 N–H and O–H groups in total. The number of nitrogens with one attached hydrogen (secondary N) is 1. The molecule has 0 aromatic heterocycles. The number of likely N-dealkylation sites (N-methyl/N-ethyl adjacent to an activating group) is 1. The minimum Gasteiger partial charge on any atom is -0.483 e. The number of rotatable bonds is 8. The van der Waals surface area contributed by atoms with E-state index in [-0.39, 0.29) is 12.5 Å². The van der Waals surface area contributed by atoms with E-state index >= 15 is 0 Å². The fourth-order valence-corrected chi connectivity index (χ4v) is 2.87. The van der Waals surface area contributed by atoms with Gasteiger partial charge >= 0.3 is 0 Å². The van der Waals surface area contributed by atoms with Crippen molar-refractivity contribution in [2.24, 2.45) is 0 Å². The Kier molecular flexibility index (Phi) is 7.31. The molecule has 0 aliphatic carbocycles. The van der Waals surface area contributed by atoms with Gasteiger partial charge in [0.1, 0.15) is 5.75 Å². The lowest BCUT2D eigenvalue weighted by molar-refractivity contribution is -0.123. The number of ether oxygens (including phenoxy) is 1. The molecule has 2 aromatic rings. The van der Waals surface area contributed by atoms with E-state index in [1.807, 2.05) is 55.6 Å². The predicted molar refractivity (Wildman–Crippen MR) is 106 cm³/mol. The number of carbonyl (C=O) groups excluding carboxylic acids is 1. The molecule has 0 unspecified atom stereocenters. The molecular weight excluding hydrogens is 380 g/mol. The van der Waals surface area contributed by atoms with Crippen LogP contribution < -0.4 is 15.0 Å². The van der Waals surface area contributed by atoms with E-state index in [0.29, 0.717) is 18.2 Å². The van der Waals surface area contributed by atoms with E-state index in [0.717, 1.165) is 16.7 Å². The van der Waals surface area contributed by atoms with Crippen molar-refractivity contribution in [2.45, 2.75) is 19.8 Å². The van der Waals surface area contributed by atoms with Gasteiger partial charge in [-0.25, -0.2) is 0 Å². The van der Waals surface area contributed by atoms with E-state index in [2.05, 4.69) is 40.0 Å². The molecule has 0 saturated heterocycles. The van der Waals surface area contributed by atoms with Crippen molar-refractivity contribution in [3.8, 4) is 5.75 Å². The SMILES string of the molecule is CC(C)c1ccc(OCC(=O)NCCN(C)c2ccccc2)c(Br)c1. The highest BCUT2D eigenvalue weighted by Crippen LogP contribution is 2.28. The third-order valence-electron chi connectivity index (χ3n) is 3.95. The number of amides is 1. The van der Waals surface area contributed by atoms with Crippen molar-refractivity contribution in [1.82, 2.24) is 5.32 Å². The molecule has 134 valence electrons. The summed E-state index contributed by atoms with van der Waals surface area (Å²) in [6, 6.07) is 16.0. The molecule has 25 heavy (non-hydrogen) atoms. The smallest absolute Gasteiger partial charge is 0.258 e. The molecule has 0 spiro atoms. The zero-order valence-electron chi connectivity index (χ0n) is 15.0. The topological polar surface area (TPSA) is 41.6 Å². The molecule has 5 heteroatoms. The fraction of sp³-hybridized carbons (Fsp3) is 0.350. The van der Waals surface area contributed by atoms with Gasteiger partial charge in [-0.1, -0.05) is 38.1 Å². The van der Waals surface area contributed by atoms with Crippen LogP contribution in [0.2, 0.25) is 0 Å². The standard InChI is InChI=1S/C20H25BrN2O2/c1-15(2)16-9-10-19(18(21)13-16)25-14-20(24)22-11-12-23(3)17-7-5-4-6-8-17/h4-10,13,15H,11-12,14H2,1-3H3,(H,22,24). The average molecular weight is 405 g/mol. The highest BCUT2D eigenvalue weighted by molar-refractivity contribution is 9.10.